The molecule has 0 aromatic heterocycles. The first-order valence-corrected chi connectivity index (χ1v) is 8.20. The second kappa shape index (κ2) is 5.45. The van der Waals surface area contributed by atoms with Crippen LogP contribution >= 0.6 is 0 Å². The van der Waals surface area contributed by atoms with E-state index in [2.05, 4.69) is 0 Å². The maximum absolute atomic E-state index is 13.2. The predicted octanol–water partition coefficient (Wildman–Crippen LogP) is 1.72. The van der Waals surface area contributed by atoms with Crippen LogP contribution in [0.5, 0.6) is 0 Å². The molecule has 0 spiro atoms. The summed E-state index contributed by atoms with van der Waals surface area (Å²) in [5, 5.41) is 8.89. The zero-order valence-electron chi connectivity index (χ0n) is 14.0. The molecule has 3 heterocycles. The van der Waals surface area contributed by atoms with Gasteiger partial charge in [-0.15, -0.1) is 0 Å². The number of piperazine rings is 1. The Morgan fingerprint density at radius 3 is 2.59 bits per heavy atom. The molecule has 3 atom stereocenters. The summed E-state index contributed by atoms with van der Waals surface area (Å²) in [5.74, 6) is -0.866. The number of carbonyl (C=O) groups excluding carboxylic acids is 3. The molecular formula is C17H13F3N4O3. The average Bonchev–Trinajstić information content (AvgIpc) is 3.25. The van der Waals surface area contributed by atoms with Crippen LogP contribution in [-0.2, 0) is 15.8 Å². The summed E-state index contributed by atoms with van der Waals surface area (Å²) in [5.41, 5.74) is -2.03. The number of benzene rings is 1. The van der Waals surface area contributed by atoms with Crippen LogP contribution in [0.1, 0.15) is 24.5 Å². The molecule has 3 aliphatic heterocycles. The number of alkyl halides is 3. The molecule has 0 saturated carbocycles. The molecule has 3 saturated heterocycles. The Hall–Kier alpha value is -3.09. The van der Waals surface area contributed by atoms with Crippen LogP contribution in [0, 0.1) is 11.3 Å². The summed E-state index contributed by atoms with van der Waals surface area (Å²) in [6, 6.07) is 1.82. The summed E-state index contributed by atoms with van der Waals surface area (Å²) in [4.78, 5) is 40.9. The number of hydrogen-bond acceptors (Lipinski definition) is 4. The summed E-state index contributed by atoms with van der Waals surface area (Å²) in [7, 11) is 0. The van der Waals surface area contributed by atoms with Crippen LogP contribution in [0.25, 0.3) is 0 Å². The van der Waals surface area contributed by atoms with Crippen LogP contribution in [0.2, 0.25) is 0 Å². The molecule has 4 amide bonds. The molecule has 2 bridgehead atoms. The highest BCUT2D eigenvalue weighted by atomic mass is 19.4. The fraction of sp³-hybridized carbons (Fsp3) is 0.412. The number of anilines is 1. The lowest BCUT2D eigenvalue weighted by molar-refractivity contribution is -0.138. The van der Waals surface area contributed by atoms with Gasteiger partial charge in [0, 0.05) is 13.5 Å². The number of likely N-dealkylation sites (tertiary alicyclic amines) is 1. The van der Waals surface area contributed by atoms with Gasteiger partial charge < -0.3 is 9.80 Å². The molecule has 1 aromatic rings. The van der Waals surface area contributed by atoms with E-state index >= 15 is 0 Å². The van der Waals surface area contributed by atoms with Crippen LogP contribution in [-0.4, -0.2) is 52.3 Å². The van der Waals surface area contributed by atoms with E-state index in [1.54, 1.807) is 0 Å². The molecule has 3 aliphatic rings. The number of nitrogens with zero attached hydrogens (tertiary/aromatic N) is 4. The van der Waals surface area contributed by atoms with Gasteiger partial charge in [0.25, 0.3) is 5.91 Å². The quantitative estimate of drug-likeness (QED) is 0.697. The van der Waals surface area contributed by atoms with Crippen molar-refractivity contribution >= 4 is 23.5 Å². The first-order valence-electron chi connectivity index (χ1n) is 8.20. The Bertz CT molecular complexity index is 923. The normalized spacial score (nSPS) is 26.6. The summed E-state index contributed by atoms with van der Waals surface area (Å²) < 4.78 is 39.6. The second-order valence-electron chi connectivity index (χ2n) is 6.78. The first kappa shape index (κ1) is 17.3. The number of imide groups is 1. The third-order valence-corrected chi connectivity index (χ3v) is 5.36. The van der Waals surface area contributed by atoms with Crippen LogP contribution in [0.15, 0.2) is 18.2 Å². The van der Waals surface area contributed by atoms with Gasteiger partial charge in [-0.05, 0) is 24.6 Å². The van der Waals surface area contributed by atoms with Crippen molar-refractivity contribution < 1.29 is 27.6 Å². The summed E-state index contributed by atoms with van der Waals surface area (Å²) in [6.45, 7) is 1.69. The van der Waals surface area contributed by atoms with Gasteiger partial charge in [-0.3, -0.25) is 9.59 Å². The molecule has 0 radical (unpaired) electrons. The predicted molar refractivity (Wildman–Crippen MR) is 84.2 cm³/mol. The lowest BCUT2D eigenvalue weighted by Crippen LogP contribution is -2.54. The van der Waals surface area contributed by atoms with E-state index in [-0.39, 0.29) is 17.6 Å². The smallest absolute Gasteiger partial charge is 0.335 e. The highest BCUT2D eigenvalue weighted by Gasteiger charge is 2.62. The molecular weight excluding hydrogens is 365 g/mol. The summed E-state index contributed by atoms with van der Waals surface area (Å²) in [6.07, 6.45) is -4.32. The van der Waals surface area contributed by atoms with Crippen molar-refractivity contribution in [3.8, 4) is 6.07 Å². The van der Waals surface area contributed by atoms with Crippen molar-refractivity contribution in [3.05, 3.63) is 29.3 Å². The first-order chi connectivity index (χ1) is 12.6. The van der Waals surface area contributed by atoms with Gasteiger partial charge >= 0.3 is 12.2 Å². The van der Waals surface area contributed by atoms with Gasteiger partial charge in [0.05, 0.1) is 35.0 Å². The molecule has 140 valence electrons. The van der Waals surface area contributed by atoms with Crippen molar-refractivity contribution in [2.24, 2.45) is 0 Å². The molecule has 7 nitrogen and oxygen atoms in total. The third-order valence-electron chi connectivity index (χ3n) is 5.36. The standard InChI is InChI=1S/C17H13F3N4O3/c1-8(25)22-7-11-5-13(22)14-15(26)24(16(27)23(11)14)10-3-2-9(6-21)12(4-10)17(18,19)20/h2-4,11,13-14H,5,7H2,1H3/t11-,13-,14+/m0/s1. The SMILES string of the molecule is CC(=O)N1C[C@@H]2C[C@H]1[C@@H]1C(=O)N(c3ccc(C#N)c(C(F)(F)F)c3)C(=O)N21. The van der Waals surface area contributed by atoms with E-state index in [1.165, 1.54) is 22.8 Å². The van der Waals surface area contributed by atoms with Gasteiger partial charge in [0.1, 0.15) is 6.04 Å². The second-order valence-corrected chi connectivity index (χ2v) is 6.78. The van der Waals surface area contributed by atoms with E-state index in [4.69, 9.17) is 5.26 Å². The summed E-state index contributed by atoms with van der Waals surface area (Å²) >= 11 is 0. The number of hydrogen-bond donors (Lipinski definition) is 0. The molecule has 0 unspecified atom stereocenters. The fourth-order valence-corrected chi connectivity index (χ4v) is 4.26. The highest BCUT2D eigenvalue weighted by molar-refractivity contribution is 6.22. The Balaban J connectivity index is 1.73. The monoisotopic (exact) mass is 378 g/mol. The molecule has 1 aromatic carbocycles. The number of halogens is 3. The molecule has 10 heteroatoms. The number of amides is 4. The van der Waals surface area contributed by atoms with Gasteiger partial charge in [-0.2, -0.15) is 18.4 Å². The van der Waals surface area contributed by atoms with Crippen molar-refractivity contribution in [1.82, 2.24) is 9.80 Å². The number of rotatable bonds is 1. The van der Waals surface area contributed by atoms with Crippen molar-refractivity contribution in [1.29, 1.82) is 5.26 Å². The number of nitriles is 1. The highest BCUT2D eigenvalue weighted by Crippen LogP contribution is 2.43. The average molecular weight is 378 g/mol. The Kier molecular flexibility index (Phi) is 3.50. The number of carbonyl (C=O) groups is 3. The van der Waals surface area contributed by atoms with Gasteiger partial charge in [0.15, 0.2) is 0 Å². The van der Waals surface area contributed by atoms with Crippen LogP contribution in [0.3, 0.4) is 0 Å². The minimum absolute atomic E-state index is 0.210. The van der Waals surface area contributed by atoms with Crippen molar-refractivity contribution in [2.45, 2.75) is 37.6 Å². The maximum atomic E-state index is 13.2. The van der Waals surface area contributed by atoms with E-state index in [1.807, 2.05) is 0 Å². The Morgan fingerprint density at radius 2 is 2.00 bits per heavy atom. The van der Waals surface area contributed by atoms with Gasteiger partial charge in [-0.1, -0.05) is 0 Å². The van der Waals surface area contributed by atoms with Gasteiger partial charge in [0.2, 0.25) is 5.91 Å². The molecule has 0 aliphatic carbocycles. The third kappa shape index (κ3) is 2.31. The molecule has 27 heavy (non-hydrogen) atoms. The zero-order valence-corrected chi connectivity index (χ0v) is 14.0. The molecule has 0 N–H and O–H groups in total. The van der Waals surface area contributed by atoms with E-state index in [0.29, 0.717) is 23.9 Å². The van der Waals surface area contributed by atoms with E-state index in [0.717, 1.165) is 12.1 Å². The fourth-order valence-electron chi connectivity index (χ4n) is 4.26. The number of urea groups is 1. The Labute approximate surface area is 151 Å². The zero-order chi connectivity index (χ0) is 19.7. The van der Waals surface area contributed by atoms with Crippen LogP contribution < -0.4 is 4.90 Å². The Morgan fingerprint density at radius 1 is 1.30 bits per heavy atom. The minimum Gasteiger partial charge on any atom is -0.335 e. The molecule has 4 rings (SSSR count). The minimum atomic E-state index is -4.80. The van der Waals surface area contributed by atoms with Crippen molar-refractivity contribution in [2.75, 3.05) is 11.4 Å². The van der Waals surface area contributed by atoms with E-state index < -0.39 is 41.3 Å². The van der Waals surface area contributed by atoms with Crippen LogP contribution in [0.4, 0.5) is 23.7 Å². The maximum Gasteiger partial charge on any atom is 0.417 e. The lowest BCUT2D eigenvalue weighted by Gasteiger charge is -2.34. The van der Waals surface area contributed by atoms with E-state index in [9.17, 15) is 27.6 Å². The molecule has 3 fully saturated rings. The van der Waals surface area contributed by atoms with Crippen molar-refractivity contribution in [3.63, 3.8) is 0 Å². The topological polar surface area (TPSA) is 84.7 Å². The largest absolute Gasteiger partial charge is 0.417 e. The van der Waals surface area contributed by atoms with Gasteiger partial charge in [-0.25, -0.2) is 9.69 Å². The number of fused-ring (bicyclic) bond motifs is 5. The lowest BCUT2D eigenvalue weighted by atomic mass is 10.1.